The van der Waals surface area contributed by atoms with E-state index in [2.05, 4.69) is 9.97 Å². The van der Waals surface area contributed by atoms with Crippen LogP contribution in [0, 0.1) is 16.0 Å². The van der Waals surface area contributed by atoms with Crippen LogP contribution in [0.25, 0.3) is 27.9 Å². The standard InChI is InChI=1S/C21H18ClN5O4/c1-11(2)10-31-21(28)17-18-20(25-15-6-4-3-5-14(15)24-18)26(19(17)23)12-7-8-13(22)16(9-12)27(29)30/h3-9,11H,10,23H2,1-2H3. The molecule has 0 aliphatic heterocycles. The number of fused-ring (bicyclic) bond motifs is 2. The Morgan fingerprint density at radius 2 is 1.90 bits per heavy atom. The van der Waals surface area contributed by atoms with Crippen LogP contribution in [0.3, 0.4) is 0 Å². The molecule has 2 heterocycles. The SMILES string of the molecule is CC(C)COC(=O)c1c(N)n(-c2ccc(Cl)c([N+](=O)[O-])c2)c2nc3ccccc3nc12. The molecule has 0 spiro atoms. The lowest BCUT2D eigenvalue weighted by Gasteiger charge is -2.09. The van der Waals surface area contributed by atoms with E-state index in [9.17, 15) is 14.9 Å². The van der Waals surface area contributed by atoms with Crippen molar-refractivity contribution in [2.24, 2.45) is 5.92 Å². The van der Waals surface area contributed by atoms with Gasteiger partial charge in [-0.1, -0.05) is 37.6 Å². The van der Waals surface area contributed by atoms with Crippen LogP contribution in [-0.4, -0.2) is 32.0 Å². The molecule has 0 saturated heterocycles. The first-order valence-corrected chi connectivity index (χ1v) is 9.83. The molecule has 0 aliphatic rings. The summed E-state index contributed by atoms with van der Waals surface area (Å²) in [7, 11) is 0. The van der Waals surface area contributed by atoms with Crippen LogP contribution >= 0.6 is 11.6 Å². The van der Waals surface area contributed by atoms with E-state index in [1.165, 1.54) is 16.7 Å². The summed E-state index contributed by atoms with van der Waals surface area (Å²) in [5.41, 5.74) is 8.15. The van der Waals surface area contributed by atoms with E-state index in [4.69, 9.17) is 22.1 Å². The van der Waals surface area contributed by atoms with Crippen LogP contribution in [0.2, 0.25) is 5.02 Å². The van der Waals surface area contributed by atoms with Crippen molar-refractivity contribution in [3.05, 3.63) is 63.2 Å². The summed E-state index contributed by atoms with van der Waals surface area (Å²) in [4.78, 5) is 32.9. The third-order valence-electron chi connectivity index (χ3n) is 4.63. The van der Waals surface area contributed by atoms with Crippen molar-refractivity contribution in [3.63, 3.8) is 0 Å². The Kier molecular flexibility index (Phi) is 5.20. The van der Waals surface area contributed by atoms with E-state index in [-0.39, 0.29) is 45.8 Å². The summed E-state index contributed by atoms with van der Waals surface area (Å²) >= 11 is 5.96. The number of nitrogen functional groups attached to an aromatic ring is 1. The molecule has 0 bridgehead atoms. The number of nitrogens with zero attached hydrogens (tertiary/aromatic N) is 4. The summed E-state index contributed by atoms with van der Waals surface area (Å²) in [6.45, 7) is 4.04. The van der Waals surface area contributed by atoms with Gasteiger partial charge in [-0.15, -0.1) is 0 Å². The number of aromatic nitrogens is 3. The van der Waals surface area contributed by atoms with Gasteiger partial charge >= 0.3 is 5.97 Å². The van der Waals surface area contributed by atoms with E-state index in [0.29, 0.717) is 16.7 Å². The zero-order valence-electron chi connectivity index (χ0n) is 16.7. The van der Waals surface area contributed by atoms with Crippen molar-refractivity contribution in [2.75, 3.05) is 12.3 Å². The average molecular weight is 440 g/mol. The Morgan fingerprint density at radius 3 is 2.55 bits per heavy atom. The molecule has 2 aromatic carbocycles. The Balaban J connectivity index is 2.02. The predicted molar refractivity (Wildman–Crippen MR) is 118 cm³/mol. The first-order valence-electron chi connectivity index (χ1n) is 9.46. The fourth-order valence-electron chi connectivity index (χ4n) is 3.22. The van der Waals surface area contributed by atoms with Gasteiger partial charge in [0.15, 0.2) is 5.65 Å². The van der Waals surface area contributed by atoms with Crippen molar-refractivity contribution in [1.82, 2.24) is 14.5 Å². The highest BCUT2D eigenvalue weighted by Crippen LogP contribution is 2.34. The third kappa shape index (κ3) is 3.64. The van der Waals surface area contributed by atoms with E-state index in [0.717, 1.165) is 0 Å². The molecule has 2 N–H and O–H groups in total. The summed E-state index contributed by atoms with van der Waals surface area (Å²) < 4.78 is 6.84. The maximum atomic E-state index is 12.9. The number of nitro benzene ring substituents is 1. The van der Waals surface area contributed by atoms with E-state index >= 15 is 0 Å². The molecule has 31 heavy (non-hydrogen) atoms. The number of benzene rings is 2. The number of hydrogen-bond donors (Lipinski definition) is 1. The number of nitrogens with two attached hydrogens (primary N) is 1. The van der Waals surface area contributed by atoms with Gasteiger partial charge in [0.1, 0.15) is 21.9 Å². The van der Waals surface area contributed by atoms with Crippen molar-refractivity contribution < 1.29 is 14.5 Å². The van der Waals surface area contributed by atoms with Crippen LogP contribution < -0.4 is 5.73 Å². The maximum absolute atomic E-state index is 12.9. The molecule has 158 valence electrons. The molecule has 0 radical (unpaired) electrons. The Morgan fingerprint density at radius 1 is 1.23 bits per heavy atom. The minimum absolute atomic E-state index is 0.0168. The Hall–Kier alpha value is -3.72. The quantitative estimate of drug-likeness (QED) is 0.275. The van der Waals surface area contributed by atoms with Gasteiger partial charge in [-0.05, 0) is 30.2 Å². The van der Waals surface area contributed by atoms with Gasteiger partial charge in [0, 0.05) is 6.07 Å². The van der Waals surface area contributed by atoms with Crippen LogP contribution in [0.1, 0.15) is 24.2 Å². The van der Waals surface area contributed by atoms with Crippen molar-refractivity contribution >= 4 is 51.3 Å². The van der Waals surface area contributed by atoms with Gasteiger partial charge in [0.2, 0.25) is 0 Å². The number of nitro groups is 1. The summed E-state index contributed by atoms with van der Waals surface area (Å²) in [6, 6.07) is 11.4. The molecule has 9 nitrogen and oxygen atoms in total. The van der Waals surface area contributed by atoms with E-state index in [1.807, 2.05) is 26.0 Å². The largest absolute Gasteiger partial charge is 0.462 e. The number of esters is 1. The number of anilines is 1. The zero-order valence-corrected chi connectivity index (χ0v) is 17.5. The second-order valence-electron chi connectivity index (χ2n) is 7.37. The lowest BCUT2D eigenvalue weighted by molar-refractivity contribution is -0.384. The number of carbonyl (C=O) groups is 1. The zero-order chi connectivity index (χ0) is 22.3. The van der Waals surface area contributed by atoms with Crippen LogP contribution in [0.5, 0.6) is 0 Å². The van der Waals surface area contributed by atoms with Gasteiger partial charge in [-0.2, -0.15) is 0 Å². The van der Waals surface area contributed by atoms with E-state index in [1.54, 1.807) is 18.2 Å². The summed E-state index contributed by atoms with van der Waals surface area (Å²) in [5, 5.41) is 11.4. The molecule has 4 rings (SSSR count). The number of para-hydroxylation sites is 2. The Labute approximate surface area is 181 Å². The topological polar surface area (TPSA) is 126 Å². The highest BCUT2D eigenvalue weighted by Gasteiger charge is 2.27. The maximum Gasteiger partial charge on any atom is 0.344 e. The lowest BCUT2D eigenvalue weighted by Crippen LogP contribution is -2.12. The fraction of sp³-hybridized carbons (Fsp3) is 0.190. The molecular formula is C21H18ClN5O4. The van der Waals surface area contributed by atoms with Gasteiger partial charge in [-0.25, -0.2) is 14.8 Å². The van der Waals surface area contributed by atoms with Crippen molar-refractivity contribution in [3.8, 4) is 5.69 Å². The molecule has 10 heteroatoms. The van der Waals surface area contributed by atoms with Crippen LogP contribution in [-0.2, 0) is 4.74 Å². The molecule has 0 atom stereocenters. The monoisotopic (exact) mass is 439 g/mol. The third-order valence-corrected chi connectivity index (χ3v) is 4.95. The number of rotatable bonds is 5. The van der Waals surface area contributed by atoms with Gasteiger partial charge in [-0.3, -0.25) is 14.7 Å². The van der Waals surface area contributed by atoms with Crippen LogP contribution in [0.15, 0.2) is 42.5 Å². The number of halogens is 1. The van der Waals surface area contributed by atoms with Gasteiger partial charge in [0.05, 0.1) is 28.3 Å². The van der Waals surface area contributed by atoms with Crippen molar-refractivity contribution in [2.45, 2.75) is 13.8 Å². The summed E-state index contributed by atoms with van der Waals surface area (Å²) in [5.74, 6) is -0.483. The van der Waals surface area contributed by atoms with Crippen LogP contribution in [0.4, 0.5) is 11.5 Å². The minimum atomic E-state index is -0.636. The number of hydrogen-bond acceptors (Lipinski definition) is 7. The van der Waals surface area contributed by atoms with Crippen molar-refractivity contribution in [1.29, 1.82) is 0 Å². The van der Waals surface area contributed by atoms with Gasteiger partial charge < -0.3 is 10.5 Å². The average Bonchev–Trinajstić information content (AvgIpc) is 3.01. The Bertz CT molecular complexity index is 1350. The normalized spacial score (nSPS) is 11.4. The molecule has 4 aromatic rings. The minimum Gasteiger partial charge on any atom is -0.462 e. The molecule has 0 unspecified atom stereocenters. The molecule has 0 fully saturated rings. The second-order valence-corrected chi connectivity index (χ2v) is 7.77. The number of ether oxygens (including phenoxy) is 1. The smallest absolute Gasteiger partial charge is 0.344 e. The second kappa shape index (κ2) is 7.84. The molecular weight excluding hydrogens is 422 g/mol. The van der Waals surface area contributed by atoms with Gasteiger partial charge in [0.25, 0.3) is 5.69 Å². The summed E-state index contributed by atoms with van der Waals surface area (Å²) in [6.07, 6.45) is 0. The molecule has 0 amide bonds. The molecule has 0 saturated carbocycles. The molecule has 0 aliphatic carbocycles. The fourth-order valence-corrected chi connectivity index (χ4v) is 3.41. The number of carbonyl (C=O) groups excluding carboxylic acids is 1. The lowest BCUT2D eigenvalue weighted by atomic mass is 10.2. The van der Waals surface area contributed by atoms with E-state index < -0.39 is 10.9 Å². The predicted octanol–water partition coefficient (Wildman–Crippen LogP) is 4.53. The first kappa shape index (κ1) is 20.5. The molecule has 2 aromatic heterocycles. The highest BCUT2D eigenvalue weighted by molar-refractivity contribution is 6.32. The first-order chi connectivity index (χ1) is 14.8. The highest BCUT2D eigenvalue weighted by atomic mass is 35.5.